The van der Waals surface area contributed by atoms with Crippen LogP contribution in [0.3, 0.4) is 0 Å². The fraction of sp³-hybridized carbons (Fsp3) is 0. The summed E-state index contributed by atoms with van der Waals surface area (Å²) >= 11 is 0. The molecule has 13 heteroatoms. The van der Waals surface area contributed by atoms with Gasteiger partial charge in [0.25, 0.3) is 0 Å². The van der Waals surface area contributed by atoms with Crippen LogP contribution in [-0.4, -0.2) is 171 Å². The third kappa shape index (κ3) is 1010. The van der Waals surface area contributed by atoms with E-state index in [0.717, 1.165) is 0 Å². The Hall–Kier alpha value is 1.86. The van der Waals surface area contributed by atoms with E-state index in [-0.39, 0.29) is 122 Å². The normalized spacial score (nSPS) is 4.50. The van der Waals surface area contributed by atoms with Gasteiger partial charge in [-0.25, -0.2) is 14.4 Å². The summed E-state index contributed by atoms with van der Waals surface area (Å²) in [5.74, 6) is 0. The van der Waals surface area contributed by atoms with E-state index in [0.29, 0.717) is 0 Å². The molecule has 0 aromatic rings. The van der Waals surface area contributed by atoms with Gasteiger partial charge in [0, 0.05) is 0 Å². The van der Waals surface area contributed by atoms with Gasteiger partial charge in [-0.05, 0) is 0 Å². The van der Waals surface area contributed by atoms with Gasteiger partial charge in [0.05, 0.1) is 0 Å². The van der Waals surface area contributed by atoms with Gasteiger partial charge < -0.3 is 30.6 Å². The molecular formula is C3H14Ca2Mg2O9. The zero-order valence-electron chi connectivity index (χ0n) is 5.41. The van der Waals surface area contributed by atoms with Crippen molar-refractivity contribution in [1.29, 1.82) is 0 Å². The standard InChI is InChI=1S/3CH2O3.2Ca.2Mg.8H/c3*2-1(3)4;;;;;;;;;;;;/h3*(H2,2,3,4);;;;;;;;;;;;. The van der Waals surface area contributed by atoms with E-state index in [2.05, 4.69) is 0 Å². The molecule has 0 spiro atoms. The molecule has 0 aromatic heterocycles. The maximum atomic E-state index is 8.56. The second kappa shape index (κ2) is 36.0. The molecular weight excluding hydrogens is 309 g/mol. The van der Waals surface area contributed by atoms with E-state index < -0.39 is 18.5 Å². The van der Waals surface area contributed by atoms with Gasteiger partial charge in [0.1, 0.15) is 0 Å². The van der Waals surface area contributed by atoms with Crippen molar-refractivity contribution < 1.29 is 45.0 Å². The zero-order valence-corrected chi connectivity index (χ0v) is 5.41. The molecule has 0 saturated heterocycles. The van der Waals surface area contributed by atoms with Gasteiger partial charge in [-0.3, -0.25) is 0 Å². The molecule has 0 aliphatic rings. The Bertz CT molecular complexity index is 124. The summed E-state index contributed by atoms with van der Waals surface area (Å²) in [6.45, 7) is 0. The van der Waals surface area contributed by atoms with Crippen molar-refractivity contribution in [3.63, 3.8) is 0 Å². The molecule has 0 amide bonds. The Labute approximate surface area is 182 Å². The van der Waals surface area contributed by atoms with Crippen LogP contribution in [0, 0.1) is 0 Å². The van der Waals surface area contributed by atoms with Crippen LogP contribution in [0.2, 0.25) is 0 Å². The number of hydrogen-bond acceptors (Lipinski definition) is 3. The van der Waals surface area contributed by atoms with Crippen LogP contribution < -0.4 is 0 Å². The minimum absolute atomic E-state index is 0. The van der Waals surface area contributed by atoms with Crippen molar-refractivity contribution in [2.24, 2.45) is 0 Å². The van der Waals surface area contributed by atoms with E-state index >= 15 is 0 Å². The maximum Gasteiger partial charge on any atom is 0.316 e. The van der Waals surface area contributed by atoms with Crippen LogP contribution >= 0.6 is 0 Å². The molecule has 6 N–H and O–H groups in total. The molecule has 0 rings (SSSR count). The van der Waals surface area contributed by atoms with E-state index in [9.17, 15) is 0 Å². The van der Waals surface area contributed by atoms with Crippen LogP contribution in [0.25, 0.3) is 0 Å². The maximum absolute atomic E-state index is 8.56. The molecule has 0 atom stereocenters. The predicted molar refractivity (Wildman–Crippen MR) is 66.1 cm³/mol. The summed E-state index contributed by atoms with van der Waals surface area (Å²) in [6, 6.07) is 0. The average molecular weight is 323 g/mol. The second-order valence-electron chi connectivity index (χ2n) is 0.848. The van der Waals surface area contributed by atoms with Crippen LogP contribution in [0.15, 0.2) is 0 Å². The monoisotopic (exact) mass is 322 g/mol. The minimum atomic E-state index is -1.83. The molecule has 0 bridgehead atoms. The first-order valence-electron chi connectivity index (χ1n) is 1.95. The molecule has 0 heterocycles. The Morgan fingerprint density at radius 3 is 0.500 bits per heavy atom. The molecule has 16 heavy (non-hydrogen) atoms. The van der Waals surface area contributed by atoms with Gasteiger partial charge in [0.15, 0.2) is 0 Å². The topological polar surface area (TPSA) is 173 Å². The Balaban J connectivity index is -0.0000000135. The fourth-order valence-electron chi connectivity index (χ4n) is 0. The second-order valence-corrected chi connectivity index (χ2v) is 0.848. The summed E-state index contributed by atoms with van der Waals surface area (Å²) in [7, 11) is 0. The predicted octanol–water partition coefficient (Wildman–Crippen LogP) is -3.00. The number of carbonyl (C=O) groups is 3. The Kier molecular flexibility index (Phi) is 96.7. The molecule has 0 unspecified atom stereocenters. The molecule has 9 nitrogen and oxygen atoms in total. The molecule has 0 saturated carbocycles. The first-order chi connectivity index (χ1) is 5.20. The molecule has 0 fully saturated rings. The third-order valence-corrected chi connectivity index (χ3v) is 0. The first-order valence-corrected chi connectivity index (χ1v) is 1.95. The number of carboxylic acid groups (broad SMARTS) is 6. The summed E-state index contributed by atoms with van der Waals surface area (Å²) in [5, 5.41) is 41.8. The first kappa shape index (κ1) is 43.0. The van der Waals surface area contributed by atoms with Crippen molar-refractivity contribution in [3.8, 4) is 0 Å². The molecule has 0 aliphatic carbocycles. The summed E-state index contributed by atoms with van der Waals surface area (Å²) in [4.78, 5) is 25.7. The Morgan fingerprint density at radius 1 is 0.500 bits per heavy atom. The van der Waals surface area contributed by atoms with Gasteiger partial charge in [-0.1, -0.05) is 0 Å². The molecule has 0 aromatic carbocycles. The van der Waals surface area contributed by atoms with Crippen molar-refractivity contribution in [2.45, 2.75) is 0 Å². The third-order valence-electron chi connectivity index (χ3n) is 0. The van der Waals surface area contributed by atoms with Crippen LogP contribution in [0.5, 0.6) is 0 Å². The van der Waals surface area contributed by atoms with Crippen molar-refractivity contribution in [3.05, 3.63) is 0 Å². The minimum Gasteiger partial charge on any atom is 0.316 e. The fourth-order valence-corrected chi connectivity index (χ4v) is 0. The quantitative estimate of drug-likeness (QED) is 0.254. The van der Waals surface area contributed by atoms with Crippen molar-refractivity contribution in [2.75, 3.05) is 0 Å². The average Bonchev–Trinajstić information content (AvgIpc) is 1.54. The molecule has 88 valence electrons. The van der Waals surface area contributed by atoms with E-state index in [1.807, 2.05) is 0 Å². The van der Waals surface area contributed by atoms with E-state index in [4.69, 9.17) is 45.0 Å². The number of rotatable bonds is 0. The van der Waals surface area contributed by atoms with Crippen molar-refractivity contribution in [1.82, 2.24) is 0 Å². The summed E-state index contributed by atoms with van der Waals surface area (Å²) in [6.07, 6.45) is -5.50. The summed E-state index contributed by atoms with van der Waals surface area (Å²) in [5.41, 5.74) is 0. The van der Waals surface area contributed by atoms with Gasteiger partial charge in [0.2, 0.25) is 0 Å². The SMILES string of the molecule is O=C(O)O.O=C(O)O.O=C(O)O.[CaH2].[CaH2].[MgH2].[MgH2]. The van der Waals surface area contributed by atoms with E-state index in [1.54, 1.807) is 0 Å². The van der Waals surface area contributed by atoms with Crippen LogP contribution in [-0.2, 0) is 0 Å². The Morgan fingerprint density at radius 2 is 0.500 bits per heavy atom. The molecule has 0 aliphatic heterocycles. The zero-order chi connectivity index (χ0) is 10.7. The van der Waals surface area contributed by atoms with E-state index in [1.165, 1.54) is 0 Å². The van der Waals surface area contributed by atoms with Crippen LogP contribution in [0.1, 0.15) is 0 Å². The van der Waals surface area contributed by atoms with Crippen LogP contribution in [0.4, 0.5) is 14.4 Å². The summed E-state index contributed by atoms with van der Waals surface area (Å²) < 4.78 is 0. The smallest absolute Gasteiger partial charge is 0.316 e. The largest absolute Gasteiger partial charge is 0.316 e. The van der Waals surface area contributed by atoms with Crippen molar-refractivity contribution >= 4 is 140 Å². The molecule has 0 radical (unpaired) electrons. The number of hydrogen-bond donors (Lipinski definition) is 6. The van der Waals surface area contributed by atoms with Gasteiger partial charge in [-0.15, -0.1) is 0 Å². The van der Waals surface area contributed by atoms with Gasteiger partial charge in [-0.2, -0.15) is 0 Å². The van der Waals surface area contributed by atoms with Gasteiger partial charge >= 0.3 is 140 Å².